The third-order valence-corrected chi connectivity index (χ3v) is 6.03. The van der Waals surface area contributed by atoms with Gasteiger partial charge in [-0.2, -0.15) is 0 Å². The van der Waals surface area contributed by atoms with Gasteiger partial charge in [0.2, 0.25) is 15.9 Å². The summed E-state index contributed by atoms with van der Waals surface area (Å²) >= 11 is 0. The van der Waals surface area contributed by atoms with Crippen LogP contribution in [0.5, 0.6) is 0 Å². The number of piperidine rings is 1. The van der Waals surface area contributed by atoms with Crippen molar-refractivity contribution in [3.63, 3.8) is 0 Å². The number of carbonyl (C=O) groups excluding carboxylic acids is 1. The van der Waals surface area contributed by atoms with E-state index < -0.39 is 10.0 Å². The topological polar surface area (TPSA) is 66.5 Å². The first-order valence-corrected chi connectivity index (χ1v) is 9.37. The molecule has 0 radical (unpaired) electrons. The van der Waals surface area contributed by atoms with E-state index in [2.05, 4.69) is 5.32 Å². The molecule has 1 N–H and O–H groups in total. The van der Waals surface area contributed by atoms with Gasteiger partial charge in [0.1, 0.15) is 0 Å². The van der Waals surface area contributed by atoms with E-state index >= 15 is 0 Å². The van der Waals surface area contributed by atoms with E-state index in [1.54, 1.807) is 7.05 Å². The van der Waals surface area contributed by atoms with Crippen molar-refractivity contribution in [2.24, 2.45) is 5.92 Å². The lowest BCUT2D eigenvalue weighted by atomic mass is 9.99. The second-order valence-corrected chi connectivity index (χ2v) is 7.81. The number of hydrogen-bond donors (Lipinski definition) is 1. The first-order valence-electron chi connectivity index (χ1n) is 7.76. The fourth-order valence-corrected chi connectivity index (χ4v) is 4.43. The van der Waals surface area contributed by atoms with Crippen molar-refractivity contribution in [2.75, 3.05) is 25.9 Å². The number of aryl methyl sites for hydroxylation is 1. The summed E-state index contributed by atoms with van der Waals surface area (Å²) in [7, 11) is -1.68. The zero-order valence-corrected chi connectivity index (χ0v) is 13.8. The lowest BCUT2D eigenvalue weighted by molar-refractivity contribution is -0.125. The lowest BCUT2D eigenvalue weighted by Gasteiger charge is -2.31. The second-order valence-electron chi connectivity index (χ2n) is 5.72. The quantitative estimate of drug-likeness (QED) is 0.860. The second kappa shape index (κ2) is 7.74. The van der Waals surface area contributed by atoms with Gasteiger partial charge in [-0.15, -0.1) is 0 Å². The molecule has 122 valence electrons. The zero-order chi connectivity index (χ0) is 16.0. The number of nitrogens with one attached hydrogen (secondary N) is 1. The van der Waals surface area contributed by atoms with Crippen LogP contribution in [-0.4, -0.2) is 44.5 Å². The molecule has 1 aromatic carbocycles. The molecule has 0 saturated carbocycles. The summed E-state index contributed by atoms with van der Waals surface area (Å²) in [6.45, 7) is 0.842. The molecule has 0 aromatic heterocycles. The van der Waals surface area contributed by atoms with Gasteiger partial charge in [-0.1, -0.05) is 30.3 Å². The lowest BCUT2D eigenvalue weighted by Crippen LogP contribution is -2.45. The number of nitrogens with zero attached hydrogens (tertiary/aromatic N) is 1. The molecule has 1 amide bonds. The standard InChI is InChI=1S/C16H24N2O3S/c1-17-16(19)15-10-5-11-18(13-15)22(20,21)12-6-9-14-7-3-2-4-8-14/h2-4,7-8,15H,5-6,9-13H2,1H3,(H,17,19)/t15-/m0/s1. The van der Waals surface area contributed by atoms with Crippen LogP contribution >= 0.6 is 0 Å². The highest BCUT2D eigenvalue weighted by Crippen LogP contribution is 2.20. The molecule has 22 heavy (non-hydrogen) atoms. The number of rotatable bonds is 6. The maximum atomic E-state index is 12.4. The molecule has 0 unspecified atom stereocenters. The largest absolute Gasteiger partial charge is 0.359 e. The van der Waals surface area contributed by atoms with E-state index in [4.69, 9.17) is 0 Å². The van der Waals surface area contributed by atoms with Gasteiger partial charge in [0.25, 0.3) is 0 Å². The van der Waals surface area contributed by atoms with Crippen LogP contribution < -0.4 is 5.32 Å². The Kier molecular flexibility index (Phi) is 5.97. The summed E-state index contributed by atoms with van der Waals surface area (Å²) in [5, 5.41) is 2.61. The number of hydrogen-bond acceptors (Lipinski definition) is 3. The fraction of sp³-hybridized carbons (Fsp3) is 0.562. The van der Waals surface area contributed by atoms with Crippen LogP contribution in [0.15, 0.2) is 30.3 Å². The Balaban J connectivity index is 1.88. The third-order valence-electron chi connectivity index (χ3n) is 4.11. The van der Waals surface area contributed by atoms with Gasteiger partial charge in [-0.25, -0.2) is 12.7 Å². The van der Waals surface area contributed by atoms with Crippen molar-refractivity contribution in [2.45, 2.75) is 25.7 Å². The minimum absolute atomic E-state index is 0.0656. The van der Waals surface area contributed by atoms with Gasteiger partial charge in [0, 0.05) is 20.1 Å². The molecule has 2 rings (SSSR count). The Hall–Kier alpha value is -1.40. The minimum atomic E-state index is -3.27. The highest BCUT2D eigenvalue weighted by Gasteiger charge is 2.31. The molecule has 6 heteroatoms. The molecule has 1 aromatic rings. The van der Waals surface area contributed by atoms with Gasteiger partial charge < -0.3 is 5.32 Å². The Bertz CT molecular complexity index is 587. The maximum Gasteiger partial charge on any atom is 0.224 e. The molecule has 1 saturated heterocycles. The molecule has 1 fully saturated rings. The molecule has 1 heterocycles. The van der Waals surface area contributed by atoms with Crippen molar-refractivity contribution < 1.29 is 13.2 Å². The highest BCUT2D eigenvalue weighted by molar-refractivity contribution is 7.89. The normalized spacial score (nSPS) is 19.8. The van der Waals surface area contributed by atoms with Crippen molar-refractivity contribution in [1.29, 1.82) is 0 Å². The van der Waals surface area contributed by atoms with Crippen LogP contribution in [0, 0.1) is 5.92 Å². The minimum Gasteiger partial charge on any atom is -0.359 e. The molecule has 0 spiro atoms. The van der Waals surface area contributed by atoms with E-state index in [9.17, 15) is 13.2 Å². The van der Waals surface area contributed by atoms with Crippen molar-refractivity contribution in [3.05, 3.63) is 35.9 Å². The maximum absolute atomic E-state index is 12.4. The average Bonchev–Trinajstić information content (AvgIpc) is 2.55. The zero-order valence-electron chi connectivity index (χ0n) is 13.0. The molecule has 1 atom stereocenters. The van der Waals surface area contributed by atoms with Gasteiger partial charge >= 0.3 is 0 Å². The smallest absolute Gasteiger partial charge is 0.224 e. The summed E-state index contributed by atoms with van der Waals surface area (Å²) in [4.78, 5) is 11.7. The van der Waals surface area contributed by atoms with Crippen LogP contribution in [0.1, 0.15) is 24.8 Å². The first kappa shape index (κ1) is 17.0. The van der Waals surface area contributed by atoms with Gasteiger partial charge in [0.15, 0.2) is 0 Å². The molecule has 1 aliphatic rings. The molecule has 1 aliphatic heterocycles. The summed E-state index contributed by atoms with van der Waals surface area (Å²) in [5.74, 6) is -0.144. The molecule has 0 aliphatic carbocycles. The van der Waals surface area contributed by atoms with E-state index in [-0.39, 0.29) is 17.6 Å². The molecular formula is C16H24N2O3S. The van der Waals surface area contributed by atoms with Crippen molar-refractivity contribution in [1.82, 2.24) is 9.62 Å². The Labute approximate surface area is 132 Å². The summed E-state index contributed by atoms with van der Waals surface area (Å²) < 4.78 is 26.3. The Morgan fingerprint density at radius 1 is 1.32 bits per heavy atom. The predicted molar refractivity (Wildman–Crippen MR) is 86.9 cm³/mol. The van der Waals surface area contributed by atoms with Crippen molar-refractivity contribution >= 4 is 15.9 Å². The molecular weight excluding hydrogens is 300 g/mol. The Morgan fingerprint density at radius 3 is 2.73 bits per heavy atom. The number of benzene rings is 1. The van der Waals surface area contributed by atoms with Gasteiger partial charge in [-0.3, -0.25) is 4.79 Å². The third kappa shape index (κ3) is 4.55. The van der Waals surface area contributed by atoms with Gasteiger partial charge in [0.05, 0.1) is 11.7 Å². The van der Waals surface area contributed by atoms with Crippen molar-refractivity contribution in [3.8, 4) is 0 Å². The van der Waals surface area contributed by atoms with Crippen LogP contribution in [0.25, 0.3) is 0 Å². The average molecular weight is 324 g/mol. The summed E-state index contributed by atoms with van der Waals surface area (Å²) in [6.07, 6.45) is 2.87. The van der Waals surface area contributed by atoms with Crippen LogP contribution in [0.4, 0.5) is 0 Å². The van der Waals surface area contributed by atoms with E-state index in [0.29, 0.717) is 19.5 Å². The van der Waals surface area contributed by atoms with E-state index in [0.717, 1.165) is 24.8 Å². The Morgan fingerprint density at radius 2 is 2.05 bits per heavy atom. The van der Waals surface area contributed by atoms with Crippen LogP contribution in [0.2, 0.25) is 0 Å². The summed E-state index contributed by atoms with van der Waals surface area (Å²) in [5.41, 5.74) is 1.15. The highest BCUT2D eigenvalue weighted by atomic mass is 32.2. The summed E-state index contributed by atoms with van der Waals surface area (Å²) in [6, 6.07) is 9.89. The van der Waals surface area contributed by atoms with Crippen LogP contribution in [-0.2, 0) is 21.2 Å². The molecule has 5 nitrogen and oxygen atoms in total. The van der Waals surface area contributed by atoms with E-state index in [1.165, 1.54) is 4.31 Å². The predicted octanol–water partition coefficient (Wildman–Crippen LogP) is 1.41. The monoisotopic (exact) mass is 324 g/mol. The molecule has 0 bridgehead atoms. The van der Waals surface area contributed by atoms with E-state index in [1.807, 2.05) is 30.3 Å². The van der Waals surface area contributed by atoms with Gasteiger partial charge in [-0.05, 0) is 31.2 Å². The first-order chi connectivity index (χ1) is 10.5. The number of carbonyl (C=O) groups is 1. The SMILES string of the molecule is CNC(=O)[C@H]1CCCN(S(=O)(=O)CCCc2ccccc2)C1. The number of sulfonamides is 1. The fourth-order valence-electron chi connectivity index (χ4n) is 2.85. The number of amides is 1. The van der Waals surface area contributed by atoms with Crippen LogP contribution in [0.3, 0.4) is 0 Å².